The van der Waals surface area contributed by atoms with Gasteiger partial charge >= 0.3 is 6.03 Å². The van der Waals surface area contributed by atoms with Crippen molar-refractivity contribution in [2.24, 2.45) is 0 Å². The number of aromatic nitrogens is 1. The fourth-order valence-electron chi connectivity index (χ4n) is 2.61. The highest BCUT2D eigenvalue weighted by Crippen LogP contribution is 2.22. The maximum absolute atomic E-state index is 13.2. The predicted octanol–water partition coefficient (Wildman–Crippen LogP) is 3.42. The summed E-state index contributed by atoms with van der Waals surface area (Å²) in [7, 11) is 0. The Hall–Kier alpha value is -1.95. The summed E-state index contributed by atoms with van der Waals surface area (Å²) < 4.78 is 13.2. The van der Waals surface area contributed by atoms with Crippen LogP contribution in [0, 0.1) is 12.7 Å². The topological polar surface area (TPSA) is 45.2 Å². The molecule has 0 saturated carbocycles. The zero-order valence-corrected chi connectivity index (χ0v) is 13.4. The Bertz CT molecular complexity index is 700. The fourth-order valence-corrected chi connectivity index (χ4v) is 3.38. The molecule has 1 aromatic carbocycles. The molecule has 6 heteroatoms. The van der Waals surface area contributed by atoms with Crippen molar-refractivity contribution in [1.29, 1.82) is 0 Å². The molecule has 2 amide bonds. The second-order valence-corrected chi connectivity index (χ2v) is 6.83. The van der Waals surface area contributed by atoms with Gasteiger partial charge in [0.2, 0.25) is 0 Å². The number of rotatable bonds is 2. The van der Waals surface area contributed by atoms with Crippen LogP contribution >= 0.6 is 11.3 Å². The number of carbonyl (C=O) groups is 1. The van der Waals surface area contributed by atoms with Gasteiger partial charge in [0.05, 0.1) is 6.04 Å². The largest absolute Gasteiger partial charge is 0.329 e. The summed E-state index contributed by atoms with van der Waals surface area (Å²) >= 11 is 1.59. The van der Waals surface area contributed by atoms with Gasteiger partial charge in [0.1, 0.15) is 10.8 Å². The van der Waals surface area contributed by atoms with E-state index in [1.54, 1.807) is 28.4 Å². The number of carbonyl (C=O) groups excluding carboxylic acids is 1. The molecule has 3 rings (SSSR count). The van der Waals surface area contributed by atoms with Gasteiger partial charge in [-0.05, 0) is 43.5 Å². The van der Waals surface area contributed by atoms with Crippen molar-refractivity contribution in [2.45, 2.75) is 32.9 Å². The third-order valence-corrected chi connectivity index (χ3v) is 4.91. The van der Waals surface area contributed by atoms with Crippen LogP contribution in [0.3, 0.4) is 0 Å². The molecule has 0 fully saturated rings. The lowest BCUT2D eigenvalue weighted by Crippen LogP contribution is -2.43. The zero-order valence-electron chi connectivity index (χ0n) is 12.6. The molecule has 22 heavy (non-hydrogen) atoms. The Kier molecular flexibility index (Phi) is 4.11. The van der Waals surface area contributed by atoms with Gasteiger partial charge in [0.15, 0.2) is 0 Å². The third kappa shape index (κ3) is 3.11. The minimum Gasteiger partial charge on any atom is -0.329 e. The minimum absolute atomic E-state index is 0.102. The van der Waals surface area contributed by atoms with Crippen molar-refractivity contribution in [3.63, 3.8) is 0 Å². The smallest absolute Gasteiger partial charge is 0.318 e. The predicted molar refractivity (Wildman–Crippen MR) is 84.3 cm³/mol. The summed E-state index contributed by atoms with van der Waals surface area (Å²) in [6.07, 6.45) is 2.50. The van der Waals surface area contributed by atoms with Crippen molar-refractivity contribution in [3.8, 4) is 0 Å². The lowest BCUT2D eigenvalue weighted by molar-refractivity contribution is 0.189. The average Bonchev–Trinajstić information content (AvgIpc) is 2.93. The SMILES string of the molecule is Cc1cnc(C(C)NC(=O)N2CCc3cc(F)ccc3C2)s1. The van der Waals surface area contributed by atoms with Crippen LogP contribution in [0.25, 0.3) is 0 Å². The normalized spacial score (nSPS) is 15.3. The fraction of sp³-hybridized carbons (Fsp3) is 0.375. The van der Waals surface area contributed by atoms with Gasteiger partial charge in [-0.15, -0.1) is 11.3 Å². The number of hydrogen-bond acceptors (Lipinski definition) is 3. The van der Waals surface area contributed by atoms with E-state index in [1.807, 2.05) is 20.0 Å². The van der Waals surface area contributed by atoms with Gasteiger partial charge in [-0.3, -0.25) is 0 Å². The monoisotopic (exact) mass is 319 g/mol. The third-order valence-electron chi connectivity index (χ3n) is 3.82. The number of halogens is 1. The van der Waals surface area contributed by atoms with Gasteiger partial charge in [-0.25, -0.2) is 14.2 Å². The first-order valence-electron chi connectivity index (χ1n) is 7.28. The zero-order chi connectivity index (χ0) is 15.7. The van der Waals surface area contributed by atoms with Gasteiger partial charge in [-0.1, -0.05) is 6.07 Å². The highest BCUT2D eigenvalue weighted by atomic mass is 32.1. The molecule has 2 aromatic rings. The van der Waals surface area contributed by atoms with Gasteiger partial charge in [0, 0.05) is 24.2 Å². The Morgan fingerprint density at radius 1 is 1.45 bits per heavy atom. The number of nitrogens with one attached hydrogen (secondary N) is 1. The van der Waals surface area contributed by atoms with E-state index in [2.05, 4.69) is 10.3 Å². The molecule has 1 N–H and O–H groups in total. The lowest BCUT2D eigenvalue weighted by Gasteiger charge is -2.30. The van der Waals surface area contributed by atoms with E-state index in [4.69, 9.17) is 0 Å². The molecular formula is C16H18FN3OS. The summed E-state index contributed by atoms with van der Waals surface area (Å²) in [6, 6.07) is 4.56. The van der Waals surface area contributed by atoms with E-state index in [1.165, 1.54) is 6.07 Å². The van der Waals surface area contributed by atoms with Crippen LogP contribution in [-0.4, -0.2) is 22.5 Å². The number of hydrogen-bond donors (Lipinski definition) is 1. The Balaban J connectivity index is 1.65. The molecular weight excluding hydrogens is 301 g/mol. The van der Waals surface area contributed by atoms with E-state index in [0.717, 1.165) is 21.0 Å². The highest BCUT2D eigenvalue weighted by molar-refractivity contribution is 7.11. The molecule has 1 atom stereocenters. The molecule has 4 nitrogen and oxygen atoms in total. The van der Waals surface area contributed by atoms with E-state index in [9.17, 15) is 9.18 Å². The average molecular weight is 319 g/mol. The van der Waals surface area contributed by atoms with Crippen LogP contribution in [0.4, 0.5) is 9.18 Å². The van der Waals surface area contributed by atoms with Crippen LogP contribution < -0.4 is 5.32 Å². The first-order chi connectivity index (χ1) is 10.5. The molecule has 0 saturated heterocycles. The number of fused-ring (bicyclic) bond motifs is 1. The van der Waals surface area contributed by atoms with Crippen molar-refractivity contribution >= 4 is 17.4 Å². The molecule has 0 bridgehead atoms. The second kappa shape index (κ2) is 6.04. The van der Waals surface area contributed by atoms with Crippen LogP contribution in [0.15, 0.2) is 24.4 Å². The Morgan fingerprint density at radius 3 is 3.00 bits per heavy atom. The van der Waals surface area contributed by atoms with Crippen LogP contribution in [-0.2, 0) is 13.0 Å². The van der Waals surface area contributed by atoms with Crippen LogP contribution in [0.2, 0.25) is 0 Å². The summed E-state index contributed by atoms with van der Waals surface area (Å²) in [6.45, 7) is 5.05. The first-order valence-corrected chi connectivity index (χ1v) is 8.09. The number of aryl methyl sites for hydroxylation is 1. The van der Waals surface area contributed by atoms with Crippen molar-refractivity contribution < 1.29 is 9.18 Å². The molecule has 116 valence electrons. The highest BCUT2D eigenvalue weighted by Gasteiger charge is 2.23. The number of benzene rings is 1. The van der Waals surface area contributed by atoms with E-state index >= 15 is 0 Å². The summed E-state index contributed by atoms with van der Waals surface area (Å²) in [5.41, 5.74) is 2.01. The molecule has 0 radical (unpaired) electrons. The molecule has 0 aliphatic carbocycles. The quantitative estimate of drug-likeness (QED) is 0.922. The van der Waals surface area contributed by atoms with E-state index < -0.39 is 0 Å². The van der Waals surface area contributed by atoms with Crippen LogP contribution in [0.1, 0.15) is 34.0 Å². The van der Waals surface area contributed by atoms with Crippen molar-refractivity contribution in [1.82, 2.24) is 15.2 Å². The standard InChI is InChI=1S/C16H18FN3OS/c1-10-8-18-15(22-10)11(2)19-16(21)20-6-5-12-7-14(17)4-3-13(12)9-20/h3-4,7-8,11H,5-6,9H2,1-2H3,(H,19,21). The minimum atomic E-state index is -0.218. The Labute approximate surface area is 133 Å². The summed E-state index contributed by atoms with van der Waals surface area (Å²) in [5, 5.41) is 3.89. The number of nitrogens with zero attached hydrogens (tertiary/aromatic N) is 2. The molecule has 1 aliphatic rings. The van der Waals surface area contributed by atoms with Crippen LogP contribution in [0.5, 0.6) is 0 Å². The Morgan fingerprint density at radius 2 is 2.27 bits per heavy atom. The molecule has 1 aromatic heterocycles. The van der Waals surface area contributed by atoms with Gasteiger partial charge < -0.3 is 10.2 Å². The van der Waals surface area contributed by atoms with Crippen molar-refractivity contribution in [3.05, 3.63) is 51.2 Å². The molecule has 0 spiro atoms. The summed E-state index contributed by atoms with van der Waals surface area (Å²) in [4.78, 5) is 19.6. The maximum Gasteiger partial charge on any atom is 0.318 e. The number of amides is 2. The maximum atomic E-state index is 13.2. The molecule has 2 heterocycles. The van der Waals surface area contributed by atoms with E-state index in [-0.39, 0.29) is 17.9 Å². The number of thiazole rings is 1. The van der Waals surface area contributed by atoms with Crippen molar-refractivity contribution in [2.75, 3.05) is 6.54 Å². The van der Waals surface area contributed by atoms with Gasteiger partial charge in [-0.2, -0.15) is 0 Å². The second-order valence-electron chi connectivity index (χ2n) is 5.56. The first kappa shape index (κ1) is 15.0. The summed E-state index contributed by atoms with van der Waals surface area (Å²) in [5.74, 6) is -0.218. The number of urea groups is 1. The molecule has 1 aliphatic heterocycles. The molecule has 1 unspecified atom stereocenters. The lowest BCUT2D eigenvalue weighted by atomic mass is 10.00. The van der Waals surface area contributed by atoms with Gasteiger partial charge in [0.25, 0.3) is 0 Å². The van der Waals surface area contributed by atoms with E-state index in [0.29, 0.717) is 19.5 Å².